The number of rotatable bonds is 5. The van der Waals surface area contributed by atoms with Crippen molar-refractivity contribution in [1.82, 2.24) is 9.97 Å². The molecule has 3 rings (SSSR count). The molecule has 2 aromatic carbocycles. The fraction of sp³-hybridized carbons (Fsp3) is 0.105. The number of alkyl halides is 3. The number of benzene rings is 2. The van der Waals surface area contributed by atoms with Gasteiger partial charge in [-0.15, -0.1) is 0 Å². The van der Waals surface area contributed by atoms with E-state index >= 15 is 0 Å². The summed E-state index contributed by atoms with van der Waals surface area (Å²) >= 11 is 5.80. The third kappa shape index (κ3) is 4.83. The highest BCUT2D eigenvalue weighted by atomic mass is 35.5. The lowest BCUT2D eigenvalue weighted by atomic mass is 10.0. The van der Waals surface area contributed by atoms with Crippen LogP contribution in [0.5, 0.6) is 6.01 Å². The molecule has 0 saturated carbocycles. The third-order valence-electron chi connectivity index (χ3n) is 3.62. The zero-order valence-electron chi connectivity index (χ0n) is 13.7. The van der Waals surface area contributed by atoms with E-state index in [9.17, 15) is 18.0 Å². The van der Waals surface area contributed by atoms with Gasteiger partial charge in [0.25, 0.3) is 0 Å². The molecule has 0 N–H and O–H groups in total. The highest BCUT2D eigenvalue weighted by molar-refractivity contribution is 6.30. The molecule has 1 heterocycles. The molecule has 8 heteroatoms. The zero-order valence-corrected chi connectivity index (χ0v) is 14.5. The summed E-state index contributed by atoms with van der Waals surface area (Å²) in [5.41, 5.74) is -0.0688. The van der Waals surface area contributed by atoms with Crippen LogP contribution in [0.2, 0.25) is 5.02 Å². The van der Waals surface area contributed by atoms with Gasteiger partial charge in [-0.05, 0) is 29.8 Å². The van der Waals surface area contributed by atoms with Gasteiger partial charge in [-0.1, -0.05) is 35.9 Å². The largest absolute Gasteiger partial charge is 0.459 e. The number of hydrogen-bond acceptors (Lipinski definition) is 4. The monoisotopic (exact) mass is 392 g/mol. The Morgan fingerprint density at radius 1 is 1.00 bits per heavy atom. The minimum absolute atomic E-state index is 0.0468. The molecule has 1 aromatic heterocycles. The predicted octanol–water partition coefficient (Wildman–Crippen LogP) is 4.96. The van der Waals surface area contributed by atoms with Crippen molar-refractivity contribution in [3.05, 3.63) is 88.2 Å². The highest BCUT2D eigenvalue weighted by Crippen LogP contribution is 2.30. The van der Waals surface area contributed by atoms with Crippen molar-refractivity contribution >= 4 is 17.4 Å². The Hall–Kier alpha value is -2.93. The van der Waals surface area contributed by atoms with Crippen molar-refractivity contribution in [2.45, 2.75) is 12.8 Å². The number of ketones is 1. The summed E-state index contributed by atoms with van der Waals surface area (Å²) in [6.07, 6.45) is -2.09. The topological polar surface area (TPSA) is 52.1 Å². The summed E-state index contributed by atoms with van der Waals surface area (Å²) in [5.74, 6) is -0.606. The quantitative estimate of drug-likeness (QED) is 0.576. The maximum atomic E-state index is 12.8. The molecule has 4 nitrogen and oxygen atoms in total. The number of carbonyl (C=O) groups is 1. The first kappa shape index (κ1) is 18.8. The molecule has 0 saturated heterocycles. The first-order valence-electron chi connectivity index (χ1n) is 7.74. The van der Waals surface area contributed by atoms with Crippen LogP contribution in [0, 0.1) is 0 Å². The normalized spacial score (nSPS) is 11.3. The maximum Gasteiger partial charge on any atom is 0.416 e. The summed E-state index contributed by atoms with van der Waals surface area (Å²) in [4.78, 5) is 20.2. The van der Waals surface area contributed by atoms with E-state index in [4.69, 9.17) is 16.3 Å². The number of hydrogen-bond donors (Lipinski definition) is 0. The van der Waals surface area contributed by atoms with E-state index in [1.807, 2.05) is 0 Å². The first-order valence-corrected chi connectivity index (χ1v) is 8.12. The first-order chi connectivity index (χ1) is 12.8. The van der Waals surface area contributed by atoms with Gasteiger partial charge in [0.2, 0.25) is 0 Å². The van der Waals surface area contributed by atoms with Gasteiger partial charge in [0, 0.05) is 23.0 Å². The number of nitrogens with zero attached hydrogens (tertiary/aromatic N) is 2. The van der Waals surface area contributed by atoms with Gasteiger partial charge in [-0.2, -0.15) is 13.2 Å². The summed E-state index contributed by atoms with van der Waals surface area (Å²) in [6.45, 7) is 0.206. The molecule has 27 heavy (non-hydrogen) atoms. The minimum Gasteiger partial charge on any atom is -0.459 e. The third-order valence-corrected chi connectivity index (χ3v) is 3.88. The predicted molar refractivity (Wildman–Crippen MR) is 92.7 cm³/mol. The Morgan fingerprint density at radius 2 is 1.67 bits per heavy atom. The van der Waals surface area contributed by atoms with Gasteiger partial charge in [-0.25, -0.2) is 9.97 Å². The summed E-state index contributed by atoms with van der Waals surface area (Å²) in [6, 6.07) is 11.3. The Morgan fingerprint density at radius 3 is 2.30 bits per heavy atom. The number of aromatic nitrogens is 2. The van der Waals surface area contributed by atoms with Crippen LogP contribution in [-0.4, -0.2) is 15.8 Å². The molecule has 0 aliphatic rings. The Labute approximate surface area is 157 Å². The van der Waals surface area contributed by atoms with Crippen LogP contribution in [0.3, 0.4) is 0 Å². The molecule has 0 fully saturated rings. The van der Waals surface area contributed by atoms with E-state index in [0.717, 1.165) is 17.7 Å². The second-order valence-electron chi connectivity index (χ2n) is 5.58. The van der Waals surface area contributed by atoms with Crippen LogP contribution in [0.1, 0.15) is 27.0 Å². The molecule has 0 atom stereocenters. The summed E-state index contributed by atoms with van der Waals surface area (Å²) in [7, 11) is 0. The number of halogens is 4. The van der Waals surface area contributed by atoms with Crippen molar-refractivity contribution in [2.75, 3.05) is 0 Å². The zero-order chi connectivity index (χ0) is 19.4. The molecule has 0 unspecified atom stereocenters. The van der Waals surface area contributed by atoms with Gasteiger partial charge < -0.3 is 4.74 Å². The van der Waals surface area contributed by atoms with Crippen LogP contribution in [0.25, 0.3) is 0 Å². The van der Waals surface area contributed by atoms with Crippen LogP contribution in [-0.2, 0) is 12.8 Å². The van der Waals surface area contributed by atoms with E-state index in [0.29, 0.717) is 5.02 Å². The van der Waals surface area contributed by atoms with Crippen molar-refractivity contribution in [2.24, 2.45) is 0 Å². The second kappa shape index (κ2) is 7.75. The van der Waals surface area contributed by atoms with Crippen LogP contribution >= 0.6 is 11.6 Å². The maximum absolute atomic E-state index is 12.8. The van der Waals surface area contributed by atoms with Crippen LogP contribution in [0.15, 0.2) is 60.9 Å². The van der Waals surface area contributed by atoms with E-state index in [-0.39, 0.29) is 23.7 Å². The Kier molecular flexibility index (Phi) is 5.41. The minimum atomic E-state index is -4.52. The van der Waals surface area contributed by atoms with E-state index in [1.165, 1.54) is 24.5 Å². The van der Waals surface area contributed by atoms with Crippen molar-refractivity contribution < 1.29 is 22.7 Å². The van der Waals surface area contributed by atoms with Crippen molar-refractivity contribution in [3.63, 3.8) is 0 Å². The molecular formula is C19H12ClF3N2O2. The van der Waals surface area contributed by atoms with Gasteiger partial charge in [0.1, 0.15) is 6.61 Å². The number of carbonyl (C=O) groups excluding carboxylic acids is 1. The molecule has 0 bridgehead atoms. The van der Waals surface area contributed by atoms with Gasteiger partial charge in [-0.3, -0.25) is 4.79 Å². The lowest BCUT2D eigenvalue weighted by Crippen LogP contribution is -2.09. The average Bonchev–Trinajstić information content (AvgIpc) is 2.67. The van der Waals surface area contributed by atoms with E-state index in [2.05, 4.69) is 9.97 Å². The molecule has 0 aliphatic carbocycles. The fourth-order valence-corrected chi connectivity index (χ4v) is 2.37. The second-order valence-corrected chi connectivity index (χ2v) is 6.01. The van der Waals surface area contributed by atoms with E-state index in [1.54, 1.807) is 24.3 Å². The molecule has 3 aromatic rings. The van der Waals surface area contributed by atoms with Crippen LogP contribution < -0.4 is 4.74 Å². The van der Waals surface area contributed by atoms with Crippen molar-refractivity contribution in [3.8, 4) is 6.01 Å². The molecule has 138 valence electrons. The average molecular weight is 393 g/mol. The number of ether oxygens (including phenoxy) is 1. The van der Waals surface area contributed by atoms with Crippen molar-refractivity contribution in [1.29, 1.82) is 0 Å². The van der Waals surface area contributed by atoms with Gasteiger partial charge in [0.05, 0.1) is 11.1 Å². The Balaban J connectivity index is 1.69. The van der Waals surface area contributed by atoms with Gasteiger partial charge in [0.15, 0.2) is 5.78 Å². The smallest absolute Gasteiger partial charge is 0.416 e. The summed E-state index contributed by atoms with van der Waals surface area (Å²) < 4.78 is 43.7. The van der Waals surface area contributed by atoms with Crippen LogP contribution in [0.4, 0.5) is 13.2 Å². The molecule has 0 aliphatic heterocycles. The van der Waals surface area contributed by atoms with Gasteiger partial charge >= 0.3 is 12.2 Å². The Bertz CT molecular complexity index is 942. The lowest BCUT2D eigenvalue weighted by molar-refractivity contribution is -0.137. The molecule has 0 amide bonds. The fourth-order valence-electron chi connectivity index (χ4n) is 2.24. The highest BCUT2D eigenvalue weighted by Gasteiger charge is 2.31. The van der Waals surface area contributed by atoms with E-state index < -0.39 is 17.5 Å². The molecular weight excluding hydrogens is 381 g/mol. The SMILES string of the molecule is O=C(c1cnc(OCc2ccc(Cl)cc2)nc1)c1cccc(C(F)(F)F)c1. The molecule has 0 radical (unpaired) electrons. The summed E-state index contributed by atoms with van der Waals surface area (Å²) in [5, 5.41) is 0.604. The lowest BCUT2D eigenvalue weighted by Gasteiger charge is -2.08. The standard InChI is InChI=1S/C19H12ClF3N2O2/c20-16-6-4-12(5-7-16)11-27-18-24-9-14(10-25-18)17(26)13-2-1-3-15(8-13)19(21,22)23/h1-10H,11H2. The molecule has 0 spiro atoms.